The summed E-state index contributed by atoms with van der Waals surface area (Å²) in [4.78, 5) is 21.6. The number of aromatic nitrogens is 1. The van der Waals surface area contributed by atoms with E-state index < -0.39 is 5.97 Å². The Morgan fingerprint density at radius 2 is 1.71 bits per heavy atom. The van der Waals surface area contributed by atoms with Crippen LogP contribution < -0.4 is 4.74 Å². The predicted molar refractivity (Wildman–Crippen MR) is 119 cm³/mol. The maximum absolute atomic E-state index is 12.3. The molecule has 0 unspecified atom stereocenters. The van der Waals surface area contributed by atoms with E-state index >= 15 is 0 Å². The second kappa shape index (κ2) is 10.3. The van der Waals surface area contributed by atoms with Crippen LogP contribution in [0.5, 0.6) is 11.6 Å². The molecule has 1 aliphatic rings. The molecule has 1 aromatic carbocycles. The summed E-state index contributed by atoms with van der Waals surface area (Å²) in [6.45, 7) is 4.10. The van der Waals surface area contributed by atoms with Gasteiger partial charge in [-0.2, -0.15) is 0 Å². The van der Waals surface area contributed by atoms with Crippen molar-refractivity contribution in [1.82, 2.24) is 4.98 Å². The molecule has 0 fully saturated rings. The number of oxime groups is 1. The van der Waals surface area contributed by atoms with E-state index in [4.69, 9.17) is 14.3 Å². The molecule has 1 aromatic heterocycles. The number of nitrogens with zero attached hydrogens (tertiary/aromatic N) is 2. The van der Waals surface area contributed by atoms with Gasteiger partial charge in [0.15, 0.2) is 5.71 Å². The van der Waals surface area contributed by atoms with Crippen LogP contribution in [0.3, 0.4) is 0 Å². The molecule has 0 saturated heterocycles. The molecule has 0 bridgehead atoms. The van der Waals surface area contributed by atoms with Gasteiger partial charge in [-0.3, -0.25) is 0 Å². The van der Waals surface area contributed by atoms with Crippen LogP contribution in [0.4, 0.5) is 0 Å². The molecule has 0 atom stereocenters. The Kier molecular flexibility index (Phi) is 7.23. The van der Waals surface area contributed by atoms with E-state index in [1.165, 1.54) is 25.4 Å². The van der Waals surface area contributed by atoms with Crippen LogP contribution in [0, 0.1) is 11.8 Å². The van der Waals surface area contributed by atoms with Crippen molar-refractivity contribution in [2.24, 2.45) is 5.16 Å². The lowest BCUT2D eigenvalue weighted by Gasteiger charge is -2.20. The van der Waals surface area contributed by atoms with Gasteiger partial charge >= 0.3 is 5.97 Å². The fraction of sp³-hybridized carbons (Fsp3) is 0.240. The molecule has 3 rings (SSSR count). The number of hydrogen-bond donors (Lipinski definition) is 0. The molecule has 158 valence electrons. The van der Waals surface area contributed by atoms with Crippen LogP contribution in [0.2, 0.25) is 0 Å². The summed E-state index contributed by atoms with van der Waals surface area (Å²) in [7, 11) is 2.71. The predicted octanol–water partition coefficient (Wildman–Crippen LogP) is 4.83. The molecule has 1 aliphatic carbocycles. The van der Waals surface area contributed by atoms with Gasteiger partial charge in [-0.25, -0.2) is 9.78 Å². The summed E-state index contributed by atoms with van der Waals surface area (Å²) in [5.41, 5.74) is 4.58. The SMILES string of the molecule is CO/N=C(\C(=O)OC)C1=C(C#Cc2cccc(Oc3ccccc3)n2)CC(C)=C(C)C1. The molecule has 2 aromatic rings. The first-order chi connectivity index (χ1) is 15.0. The minimum absolute atomic E-state index is 0.135. The van der Waals surface area contributed by atoms with E-state index in [0.29, 0.717) is 35.7 Å². The Balaban J connectivity index is 1.94. The van der Waals surface area contributed by atoms with Crippen LogP contribution in [0.15, 0.2) is 76.0 Å². The Morgan fingerprint density at radius 3 is 2.42 bits per heavy atom. The van der Waals surface area contributed by atoms with Gasteiger partial charge in [-0.1, -0.05) is 46.5 Å². The highest BCUT2D eigenvalue weighted by Gasteiger charge is 2.25. The van der Waals surface area contributed by atoms with Crippen molar-refractivity contribution in [3.63, 3.8) is 0 Å². The first-order valence-corrected chi connectivity index (χ1v) is 9.81. The van der Waals surface area contributed by atoms with E-state index in [1.54, 1.807) is 6.07 Å². The number of methoxy groups -OCH3 is 1. The number of pyridine rings is 1. The molecule has 0 radical (unpaired) electrons. The first kappa shape index (κ1) is 21.8. The summed E-state index contributed by atoms with van der Waals surface area (Å²) in [6, 6.07) is 14.9. The molecule has 0 amide bonds. The van der Waals surface area contributed by atoms with E-state index in [1.807, 2.05) is 49.4 Å². The highest BCUT2D eigenvalue weighted by molar-refractivity contribution is 6.43. The Morgan fingerprint density at radius 1 is 0.968 bits per heavy atom. The molecule has 6 nitrogen and oxygen atoms in total. The van der Waals surface area contributed by atoms with Crippen LogP contribution in [-0.4, -0.2) is 30.9 Å². The monoisotopic (exact) mass is 416 g/mol. The Labute approximate surface area is 182 Å². The van der Waals surface area contributed by atoms with Gasteiger partial charge in [-0.15, -0.1) is 0 Å². The first-order valence-electron chi connectivity index (χ1n) is 9.81. The highest BCUT2D eigenvalue weighted by Crippen LogP contribution is 2.30. The highest BCUT2D eigenvalue weighted by atomic mass is 16.6. The summed E-state index contributed by atoms with van der Waals surface area (Å²) < 4.78 is 10.7. The largest absolute Gasteiger partial charge is 0.464 e. The third kappa shape index (κ3) is 5.61. The lowest BCUT2D eigenvalue weighted by atomic mass is 9.85. The van der Waals surface area contributed by atoms with Crippen molar-refractivity contribution in [2.75, 3.05) is 14.2 Å². The van der Waals surface area contributed by atoms with Gasteiger partial charge in [0.1, 0.15) is 18.6 Å². The zero-order valence-corrected chi connectivity index (χ0v) is 18.1. The van der Waals surface area contributed by atoms with E-state index in [0.717, 1.165) is 5.57 Å². The van der Waals surface area contributed by atoms with Crippen LogP contribution in [0.25, 0.3) is 0 Å². The summed E-state index contributed by atoms with van der Waals surface area (Å²) in [5.74, 6) is 6.87. The number of allylic oxidation sites excluding steroid dienone is 3. The van der Waals surface area contributed by atoms with E-state index in [-0.39, 0.29) is 5.71 Å². The smallest absolute Gasteiger partial charge is 0.360 e. The van der Waals surface area contributed by atoms with Gasteiger partial charge in [0.2, 0.25) is 5.88 Å². The van der Waals surface area contributed by atoms with Crippen molar-refractivity contribution < 1.29 is 19.1 Å². The normalized spacial score (nSPS) is 14.0. The molecule has 1 heterocycles. The van der Waals surface area contributed by atoms with Gasteiger partial charge in [0.05, 0.1) is 7.11 Å². The molecule has 0 spiro atoms. The third-order valence-corrected chi connectivity index (χ3v) is 4.85. The summed E-state index contributed by atoms with van der Waals surface area (Å²) >= 11 is 0. The van der Waals surface area contributed by atoms with Gasteiger partial charge in [0.25, 0.3) is 0 Å². The average molecular weight is 416 g/mol. The maximum Gasteiger partial charge on any atom is 0.360 e. The van der Waals surface area contributed by atoms with Crippen LogP contribution in [0.1, 0.15) is 32.4 Å². The number of carbonyl (C=O) groups excluding carboxylic acids is 1. The van der Waals surface area contributed by atoms with Crippen molar-refractivity contribution in [3.05, 3.63) is 76.5 Å². The number of para-hydroxylation sites is 1. The van der Waals surface area contributed by atoms with E-state index in [2.05, 4.69) is 28.9 Å². The summed E-state index contributed by atoms with van der Waals surface area (Å²) in [5, 5.41) is 3.90. The Hall–Kier alpha value is -3.85. The van der Waals surface area contributed by atoms with Gasteiger partial charge < -0.3 is 14.3 Å². The van der Waals surface area contributed by atoms with Gasteiger partial charge in [-0.05, 0) is 44.4 Å². The zero-order chi connectivity index (χ0) is 22.2. The second-order valence-electron chi connectivity index (χ2n) is 7.01. The minimum atomic E-state index is -0.556. The van der Waals surface area contributed by atoms with Crippen molar-refractivity contribution in [1.29, 1.82) is 0 Å². The van der Waals surface area contributed by atoms with Crippen molar-refractivity contribution in [2.45, 2.75) is 26.7 Å². The molecule has 6 heteroatoms. The molecule has 31 heavy (non-hydrogen) atoms. The third-order valence-electron chi connectivity index (χ3n) is 4.85. The van der Waals surface area contributed by atoms with Gasteiger partial charge in [0, 0.05) is 23.6 Å². The maximum atomic E-state index is 12.3. The molecule has 0 aliphatic heterocycles. The molecular weight excluding hydrogens is 392 g/mol. The number of benzene rings is 1. The fourth-order valence-corrected chi connectivity index (χ4v) is 3.09. The summed E-state index contributed by atoms with van der Waals surface area (Å²) in [6.07, 6.45) is 1.17. The average Bonchev–Trinajstić information content (AvgIpc) is 2.78. The second-order valence-corrected chi connectivity index (χ2v) is 7.01. The van der Waals surface area contributed by atoms with E-state index in [9.17, 15) is 4.79 Å². The Bertz CT molecular complexity index is 1120. The van der Waals surface area contributed by atoms with Crippen molar-refractivity contribution >= 4 is 11.7 Å². The van der Waals surface area contributed by atoms with Crippen molar-refractivity contribution in [3.8, 4) is 23.5 Å². The van der Waals surface area contributed by atoms with Crippen LogP contribution in [-0.2, 0) is 14.4 Å². The number of carbonyl (C=O) groups is 1. The standard InChI is InChI=1S/C25H24N2O4/c1-17-15-19(22(16-18(17)2)24(27-30-4)25(28)29-3)13-14-20-9-8-12-23(26-20)31-21-10-6-5-7-11-21/h5-12H,15-16H2,1-4H3/b27-24-. The zero-order valence-electron chi connectivity index (χ0n) is 18.1. The molecule has 0 N–H and O–H groups in total. The topological polar surface area (TPSA) is 70.0 Å². The molecular formula is C25H24N2O4. The number of ether oxygens (including phenoxy) is 2. The number of hydrogen-bond acceptors (Lipinski definition) is 6. The minimum Gasteiger partial charge on any atom is -0.464 e. The number of esters is 1. The number of rotatable bonds is 5. The lowest BCUT2D eigenvalue weighted by Crippen LogP contribution is -2.22. The van der Waals surface area contributed by atoms with Crippen LogP contribution >= 0.6 is 0 Å². The quantitative estimate of drug-likeness (QED) is 0.230. The fourth-order valence-electron chi connectivity index (χ4n) is 3.09. The molecule has 0 saturated carbocycles. The lowest BCUT2D eigenvalue weighted by molar-refractivity contribution is -0.132.